The van der Waals surface area contributed by atoms with Crippen molar-refractivity contribution in [2.75, 3.05) is 131 Å². The minimum atomic E-state index is -0.597. The van der Waals surface area contributed by atoms with Gasteiger partial charge in [-0.3, -0.25) is 23.2 Å². The summed E-state index contributed by atoms with van der Waals surface area (Å²) in [5, 5.41) is 4.14. The normalized spacial score (nSPS) is 16.1. The summed E-state index contributed by atoms with van der Waals surface area (Å²) in [6.45, 7) is 13.8. The van der Waals surface area contributed by atoms with Crippen LogP contribution in [0.1, 0.15) is 27.6 Å². The summed E-state index contributed by atoms with van der Waals surface area (Å²) in [4.78, 5) is 92.1. The van der Waals surface area contributed by atoms with Gasteiger partial charge >= 0.3 is 5.97 Å². The van der Waals surface area contributed by atoms with Crippen LogP contribution < -0.4 is 35.8 Å². The zero-order chi connectivity index (χ0) is 53.8. The number of esters is 1. The van der Waals surface area contributed by atoms with Crippen molar-refractivity contribution in [2.24, 2.45) is 0 Å². The zero-order valence-corrected chi connectivity index (χ0v) is 45.0. The predicted octanol–water partition coefficient (Wildman–Crippen LogP) is 5.61. The van der Waals surface area contributed by atoms with Crippen LogP contribution in [0.3, 0.4) is 0 Å². The number of morpholine rings is 2. The number of benzene rings is 2. The molecule has 4 saturated heterocycles. The van der Waals surface area contributed by atoms with Crippen LogP contribution in [0.2, 0.25) is 0 Å². The fraction of sp³-hybridized carbons (Fsp3) is 0.321. The maximum absolute atomic E-state index is 13.9. The maximum Gasteiger partial charge on any atom is 0.345 e. The number of anilines is 4. The number of ether oxygens (including phenoxy) is 3. The average molecular weight is 1100 g/mol. The van der Waals surface area contributed by atoms with Crippen LogP contribution in [0.5, 0.6) is 0 Å². The number of amides is 1. The lowest BCUT2D eigenvalue weighted by Crippen LogP contribution is -2.50. The van der Waals surface area contributed by atoms with Gasteiger partial charge in [-0.05, 0) is 67.6 Å². The Morgan fingerprint density at radius 2 is 1.00 bits per heavy atom. The topological polar surface area (TPSA) is 210 Å². The molecule has 4 aliphatic rings. The second-order valence-electron chi connectivity index (χ2n) is 18.9. The Balaban J connectivity index is 0.000000133. The van der Waals surface area contributed by atoms with Gasteiger partial charge in [0.15, 0.2) is 11.3 Å². The molecule has 12 heterocycles. The van der Waals surface area contributed by atoms with E-state index in [2.05, 4.69) is 44.9 Å². The molecule has 404 valence electrons. The van der Waals surface area contributed by atoms with Gasteiger partial charge in [-0.25, -0.2) is 34.7 Å². The first kappa shape index (κ1) is 51.5. The number of piperazine rings is 2. The van der Waals surface area contributed by atoms with Gasteiger partial charge in [0.05, 0.1) is 64.2 Å². The number of thiazole rings is 2. The lowest BCUT2D eigenvalue weighted by molar-refractivity contribution is 0.0527. The maximum atomic E-state index is 13.9. The summed E-state index contributed by atoms with van der Waals surface area (Å²) in [6, 6.07) is 26.7. The second kappa shape index (κ2) is 23.0. The third-order valence-corrected chi connectivity index (χ3v) is 16.6. The van der Waals surface area contributed by atoms with Crippen LogP contribution in [0, 0.1) is 0 Å². The Labute approximate surface area is 460 Å². The number of nitrogens with zero attached hydrogens (tertiary/aromatic N) is 13. The lowest BCUT2D eigenvalue weighted by Gasteiger charge is -2.34. The zero-order valence-electron chi connectivity index (χ0n) is 43.4. The molecule has 23 heteroatoms. The Morgan fingerprint density at radius 1 is 0.544 bits per heavy atom. The molecule has 79 heavy (non-hydrogen) atoms. The van der Waals surface area contributed by atoms with Crippen LogP contribution in [0.25, 0.3) is 52.2 Å². The minimum Gasteiger partial charge on any atom is -0.462 e. The van der Waals surface area contributed by atoms with E-state index < -0.39 is 5.97 Å². The Bertz CT molecular complexity index is 3960. The molecule has 1 amide bonds. The van der Waals surface area contributed by atoms with E-state index in [1.807, 2.05) is 81.6 Å². The summed E-state index contributed by atoms with van der Waals surface area (Å²) in [7, 11) is 0. The predicted molar refractivity (Wildman–Crippen MR) is 308 cm³/mol. The van der Waals surface area contributed by atoms with Crippen LogP contribution in [-0.2, 0) is 14.2 Å². The van der Waals surface area contributed by atoms with Crippen molar-refractivity contribution < 1.29 is 23.8 Å². The third-order valence-electron chi connectivity index (χ3n) is 14.3. The fourth-order valence-electron chi connectivity index (χ4n) is 10.3. The molecule has 14 rings (SSSR count). The highest BCUT2D eigenvalue weighted by Gasteiger charge is 2.30. The van der Waals surface area contributed by atoms with Crippen molar-refractivity contribution in [3.63, 3.8) is 0 Å². The SMILES string of the molecule is CCOC(=O)c1c(=O)c2ccc(N3CCOCC3)nc2n2c1sc1ccccc12.O=C(c1c(=O)c2ccc(N3CCOCC3)nc2n2c1sc1ccccc12)N1CCN(c2ncccn2)CC1.c1cnc(N2CCNCC2)nc1. The summed E-state index contributed by atoms with van der Waals surface area (Å²) in [5.74, 6) is 2.27. The van der Waals surface area contributed by atoms with E-state index in [4.69, 9.17) is 24.2 Å². The first-order valence-corrected chi connectivity index (χ1v) is 28.1. The Kier molecular flexibility index (Phi) is 15.0. The van der Waals surface area contributed by atoms with E-state index in [0.29, 0.717) is 90.3 Å². The number of para-hydroxylation sites is 2. The van der Waals surface area contributed by atoms with E-state index >= 15 is 0 Å². The van der Waals surface area contributed by atoms with Gasteiger partial charge in [0.1, 0.15) is 32.4 Å². The highest BCUT2D eigenvalue weighted by molar-refractivity contribution is 7.24. The summed E-state index contributed by atoms with van der Waals surface area (Å²) >= 11 is 2.86. The fourth-order valence-corrected chi connectivity index (χ4v) is 12.7. The number of nitrogens with one attached hydrogen (secondary N) is 1. The quantitative estimate of drug-likeness (QED) is 0.192. The highest BCUT2D eigenvalue weighted by Crippen LogP contribution is 2.34. The number of aromatic nitrogens is 8. The molecular weight excluding hydrogens is 1040 g/mol. The average Bonchev–Trinajstić information content (AvgIpc) is 4.33. The standard InChI is InChI=1S/C27H25N7O3S.C21H19N3O4S.C8H12N4/c35-23-18-6-7-21(31-14-16-37-17-15-31)30-24(18)34-19-4-1-2-5-20(19)38-26(34)22(23)25(36)32-10-12-33(13-11-32)27-28-8-3-9-29-27;1-2-28-21(26)17-18(25)13-7-8-16(23-9-11-27-12-10-23)22-19(13)24-14-5-3-4-6-15(14)29-20(17)24;1-2-10-8(11-3-1)12-6-4-9-5-7-12/h1-9H,10-17H2;3-8H,2,9-12H2,1H3;1-3,9H,4-7H2. The largest absolute Gasteiger partial charge is 0.462 e. The van der Waals surface area contributed by atoms with Crippen LogP contribution in [0.15, 0.2) is 119 Å². The molecule has 0 atom stereocenters. The molecule has 0 spiro atoms. The van der Waals surface area contributed by atoms with Gasteiger partial charge < -0.3 is 44.0 Å². The Morgan fingerprint density at radius 3 is 1.49 bits per heavy atom. The second-order valence-corrected chi connectivity index (χ2v) is 21.0. The lowest BCUT2D eigenvalue weighted by atomic mass is 10.1. The van der Waals surface area contributed by atoms with Gasteiger partial charge in [0, 0.05) is 103 Å². The van der Waals surface area contributed by atoms with Gasteiger partial charge in [0.25, 0.3) is 5.91 Å². The van der Waals surface area contributed by atoms with Crippen molar-refractivity contribution in [3.8, 4) is 0 Å². The molecule has 4 fully saturated rings. The molecule has 1 N–H and O–H groups in total. The summed E-state index contributed by atoms with van der Waals surface area (Å²) in [6.07, 6.45) is 6.99. The van der Waals surface area contributed by atoms with E-state index in [1.165, 1.54) is 22.7 Å². The number of carbonyl (C=O) groups is 2. The molecule has 21 nitrogen and oxygen atoms in total. The molecule has 8 aromatic heterocycles. The van der Waals surface area contributed by atoms with Gasteiger partial charge in [-0.15, -0.1) is 22.7 Å². The molecule has 0 saturated carbocycles. The van der Waals surface area contributed by atoms with E-state index in [1.54, 1.807) is 48.7 Å². The molecule has 4 aliphatic heterocycles. The molecule has 0 radical (unpaired) electrons. The van der Waals surface area contributed by atoms with Crippen molar-refractivity contribution >= 4 is 110 Å². The van der Waals surface area contributed by atoms with Gasteiger partial charge in [0.2, 0.25) is 22.8 Å². The van der Waals surface area contributed by atoms with Crippen molar-refractivity contribution in [1.82, 2.24) is 48.9 Å². The monoisotopic (exact) mass is 1100 g/mol. The number of pyridine rings is 4. The molecule has 10 aromatic rings. The van der Waals surface area contributed by atoms with Gasteiger partial charge in [-0.2, -0.15) is 0 Å². The van der Waals surface area contributed by atoms with Crippen molar-refractivity contribution in [3.05, 3.63) is 141 Å². The smallest absolute Gasteiger partial charge is 0.345 e. The van der Waals surface area contributed by atoms with E-state index in [0.717, 1.165) is 90.4 Å². The van der Waals surface area contributed by atoms with Crippen molar-refractivity contribution in [2.45, 2.75) is 6.92 Å². The Hall–Kier alpha value is -8.22. The number of rotatable bonds is 7. The number of hydrogen-bond donors (Lipinski definition) is 1. The highest BCUT2D eigenvalue weighted by atomic mass is 32.1. The van der Waals surface area contributed by atoms with Gasteiger partial charge in [-0.1, -0.05) is 24.3 Å². The molecular formula is C56H56N14O7S2. The molecule has 2 aromatic carbocycles. The molecule has 0 aliphatic carbocycles. The molecule has 0 unspecified atom stereocenters. The number of hydrogen-bond acceptors (Lipinski definition) is 20. The van der Waals surface area contributed by atoms with Crippen LogP contribution in [0.4, 0.5) is 23.5 Å². The number of carbonyl (C=O) groups excluding carboxylic acids is 2. The van der Waals surface area contributed by atoms with Crippen molar-refractivity contribution in [1.29, 1.82) is 0 Å². The van der Waals surface area contributed by atoms with Crippen LogP contribution >= 0.6 is 22.7 Å². The summed E-state index contributed by atoms with van der Waals surface area (Å²) < 4.78 is 22.0. The minimum absolute atomic E-state index is 0.0708. The first-order chi connectivity index (χ1) is 38.8. The first-order valence-electron chi connectivity index (χ1n) is 26.4. The number of fused-ring (bicyclic) bond motifs is 10. The van der Waals surface area contributed by atoms with Crippen LogP contribution in [-0.4, -0.2) is 167 Å². The third kappa shape index (κ3) is 10.3. The molecule has 0 bridgehead atoms. The van der Waals surface area contributed by atoms with E-state index in [9.17, 15) is 19.2 Å². The van der Waals surface area contributed by atoms with E-state index in [-0.39, 0.29) is 34.5 Å². The summed E-state index contributed by atoms with van der Waals surface area (Å²) in [5.41, 5.74) is 2.65.